The number of esters is 1. The summed E-state index contributed by atoms with van der Waals surface area (Å²) in [6.07, 6.45) is 0. The average molecular weight is 348 g/mol. The van der Waals surface area contributed by atoms with E-state index in [1.54, 1.807) is 0 Å². The Bertz CT molecular complexity index is 690. The Kier molecular flexibility index (Phi) is 6.46. The molecule has 1 amide bonds. The minimum absolute atomic E-state index is 0.293. The number of benzene rings is 1. The number of nitrogens with one attached hydrogen (secondary N) is 1. The van der Waals surface area contributed by atoms with E-state index in [0.29, 0.717) is 0 Å². The zero-order valence-corrected chi connectivity index (χ0v) is 13.6. The van der Waals surface area contributed by atoms with Gasteiger partial charge in [0.25, 0.3) is 0 Å². The van der Waals surface area contributed by atoms with Crippen molar-refractivity contribution < 1.29 is 31.9 Å². The summed E-state index contributed by atoms with van der Waals surface area (Å²) in [6.45, 7) is -0.952. The number of hydrogen-bond donors (Lipinski definition) is 1. The van der Waals surface area contributed by atoms with Crippen LogP contribution in [-0.2, 0) is 24.3 Å². The maximum Gasteiger partial charge on any atom is 0.343 e. The predicted octanol–water partition coefficient (Wildman–Crippen LogP) is -0.256. The lowest BCUT2D eigenvalue weighted by Gasteiger charge is -2.12. The van der Waals surface area contributed by atoms with Gasteiger partial charge in [-0.1, -0.05) is 0 Å². The number of rotatable bonds is 7. The summed E-state index contributed by atoms with van der Waals surface area (Å²) in [5.74, 6) is -2.41. The molecule has 0 aliphatic heterocycles. The number of nitrogens with zero attached hydrogens (tertiary/aromatic N) is 1. The van der Waals surface area contributed by atoms with Gasteiger partial charge in [0, 0.05) is 14.1 Å². The summed E-state index contributed by atoms with van der Waals surface area (Å²) >= 11 is 0. The van der Waals surface area contributed by atoms with Gasteiger partial charge < -0.3 is 14.4 Å². The molecule has 0 spiro atoms. The molecule has 1 aromatic carbocycles. The van der Waals surface area contributed by atoms with E-state index in [1.165, 1.54) is 19.0 Å². The Labute approximate surface area is 133 Å². The number of carbonyl (C=O) groups excluding carboxylic acids is 2. The smallest absolute Gasteiger partial charge is 0.343 e. The highest BCUT2D eigenvalue weighted by molar-refractivity contribution is 7.89. The van der Waals surface area contributed by atoms with Gasteiger partial charge in [-0.2, -0.15) is 0 Å². The van der Waals surface area contributed by atoms with Crippen LogP contribution in [0.1, 0.15) is 0 Å². The van der Waals surface area contributed by atoms with E-state index >= 15 is 0 Å². The van der Waals surface area contributed by atoms with Gasteiger partial charge in [0.1, 0.15) is 0 Å². The van der Waals surface area contributed by atoms with Crippen molar-refractivity contribution in [2.75, 3.05) is 34.4 Å². The van der Waals surface area contributed by atoms with Crippen LogP contribution < -0.4 is 9.46 Å². The third kappa shape index (κ3) is 5.49. The molecule has 0 aliphatic rings. The second-order valence-electron chi connectivity index (χ2n) is 4.57. The number of likely N-dealkylation sites (N-methyl/N-ethyl adjacent to an activating group) is 1. The zero-order valence-electron chi connectivity index (χ0n) is 12.8. The molecule has 10 heteroatoms. The van der Waals surface area contributed by atoms with Crippen molar-refractivity contribution >= 4 is 21.9 Å². The SMILES string of the molecule is COC(=O)COc1ccc(S(=O)(=O)NCC(=O)N(C)C)cc1F. The van der Waals surface area contributed by atoms with Crippen LogP contribution in [0, 0.1) is 5.82 Å². The molecule has 128 valence electrons. The fourth-order valence-electron chi connectivity index (χ4n) is 1.36. The van der Waals surface area contributed by atoms with Crippen molar-refractivity contribution in [1.29, 1.82) is 0 Å². The molecule has 0 aliphatic carbocycles. The number of ether oxygens (including phenoxy) is 2. The van der Waals surface area contributed by atoms with Crippen LogP contribution in [0.2, 0.25) is 0 Å². The summed E-state index contributed by atoms with van der Waals surface area (Å²) in [5, 5.41) is 0. The molecule has 0 bridgehead atoms. The van der Waals surface area contributed by atoms with Crippen molar-refractivity contribution in [2.45, 2.75) is 4.90 Å². The lowest BCUT2D eigenvalue weighted by Crippen LogP contribution is -2.36. The van der Waals surface area contributed by atoms with E-state index in [-0.39, 0.29) is 10.6 Å². The molecule has 1 N–H and O–H groups in total. The second-order valence-corrected chi connectivity index (χ2v) is 6.34. The highest BCUT2D eigenvalue weighted by Crippen LogP contribution is 2.21. The van der Waals surface area contributed by atoms with Crippen molar-refractivity contribution in [3.8, 4) is 5.75 Å². The lowest BCUT2D eigenvalue weighted by atomic mass is 10.3. The van der Waals surface area contributed by atoms with Crippen LogP contribution in [-0.4, -0.2) is 59.6 Å². The Hall–Kier alpha value is -2.20. The molecule has 0 saturated carbocycles. The molecule has 0 saturated heterocycles. The van der Waals surface area contributed by atoms with Gasteiger partial charge in [0.05, 0.1) is 18.6 Å². The number of amides is 1. The molecular weight excluding hydrogens is 331 g/mol. The van der Waals surface area contributed by atoms with Crippen molar-refractivity contribution in [3.63, 3.8) is 0 Å². The molecular formula is C13H17FN2O6S. The standard InChI is InChI=1S/C13H17FN2O6S/c1-16(2)12(17)7-15-23(19,20)9-4-5-11(10(14)6-9)22-8-13(18)21-3/h4-6,15H,7-8H2,1-3H3. The highest BCUT2D eigenvalue weighted by Gasteiger charge is 2.18. The second kappa shape index (κ2) is 7.88. The van der Waals surface area contributed by atoms with E-state index in [1.807, 2.05) is 0 Å². The molecule has 0 fully saturated rings. The Morgan fingerprint density at radius 1 is 1.30 bits per heavy atom. The Balaban J connectivity index is 2.83. The van der Waals surface area contributed by atoms with E-state index < -0.39 is 40.9 Å². The quantitative estimate of drug-likeness (QED) is 0.682. The Morgan fingerprint density at radius 2 is 1.96 bits per heavy atom. The largest absolute Gasteiger partial charge is 0.479 e. The monoisotopic (exact) mass is 348 g/mol. The Morgan fingerprint density at radius 3 is 2.48 bits per heavy atom. The van der Waals surface area contributed by atoms with E-state index in [9.17, 15) is 22.4 Å². The number of hydrogen-bond acceptors (Lipinski definition) is 6. The predicted molar refractivity (Wildman–Crippen MR) is 77.8 cm³/mol. The minimum atomic E-state index is -4.05. The molecule has 1 aromatic rings. The van der Waals surface area contributed by atoms with Crippen molar-refractivity contribution in [2.24, 2.45) is 0 Å². The summed E-state index contributed by atoms with van der Waals surface area (Å²) < 4.78 is 49.0. The van der Waals surface area contributed by atoms with Gasteiger partial charge in [-0.15, -0.1) is 0 Å². The summed E-state index contributed by atoms with van der Waals surface area (Å²) in [6, 6.07) is 2.90. The minimum Gasteiger partial charge on any atom is -0.479 e. The third-order valence-electron chi connectivity index (χ3n) is 2.70. The van der Waals surface area contributed by atoms with E-state index in [2.05, 4.69) is 9.46 Å². The van der Waals surface area contributed by atoms with Gasteiger partial charge in [0.2, 0.25) is 15.9 Å². The molecule has 0 aromatic heterocycles. The molecule has 0 heterocycles. The maximum atomic E-state index is 13.8. The fourth-order valence-corrected chi connectivity index (χ4v) is 2.35. The van der Waals surface area contributed by atoms with Gasteiger partial charge in [-0.25, -0.2) is 22.3 Å². The zero-order chi connectivity index (χ0) is 17.6. The van der Waals surface area contributed by atoms with Crippen molar-refractivity contribution in [1.82, 2.24) is 9.62 Å². The molecule has 23 heavy (non-hydrogen) atoms. The first kappa shape index (κ1) is 18.8. The third-order valence-corrected chi connectivity index (χ3v) is 4.10. The van der Waals surface area contributed by atoms with Crippen LogP contribution in [0.15, 0.2) is 23.1 Å². The van der Waals surface area contributed by atoms with Gasteiger partial charge in [-0.3, -0.25) is 4.79 Å². The highest BCUT2D eigenvalue weighted by atomic mass is 32.2. The molecule has 8 nitrogen and oxygen atoms in total. The molecule has 0 atom stereocenters. The van der Waals surface area contributed by atoms with Crippen molar-refractivity contribution in [3.05, 3.63) is 24.0 Å². The molecule has 0 radical (unpaired) electrons. The van der Waals surface area contributed by atoms with E-state index in [0.717, 1.165) is 25.3 Å². The van der Waals surface area contributed by atoms with Crippen LogP contribution in [0.25, 0.3) is 0 Å². The van der Waals surface area contributed by atoms with Gasteiger partial charge in [-0.05, 0) is 18.2 Å². The summed E-state index contributed by atoms with van der Waals surface area (Å²) in [5.41, 5.74) is 0. The van der Waals surface area contributed by atoms with Crippen LogP contribution in [0.4, 0.5) is 4.39 Å². The number of carbonyl (C=O) groups is 2. The van der Waals surface area contributed by atoms with Gasteiger partial charge >= 0.3 is 5.97 Å². The normalized spacial score (nSPS) is 11.0. The first-order valence-corrected chi connectivity index (χ1v) is 7.84. The number of sulfonamides is 1. The van der Waals surface area contributed by atoms with Crippen LogP contribution in [0.3, 0.4) is 0 Å². The first-order chi connectivity index (χ1) is 10.7. The molecule has 1 rings (SSSR count). The summed E-state index contributed by atoms with van der Waals surface area (Å²) in [4.78, 5) is 23.1. The topological polar surface area (TPSA) is 102 Å². The first-order valence-electron chi connectivity index (χ1n) is 6.36. The lowest BCUT2D eigenvalue weighted by molar-refractivity contribution is -0.143. The number of halogens is 1. The van der Waals surface area contributed by atoms with Crippen LogP contribution >= 0.6 is 0 Å². The summed E-state index contributed by atoms with van der Waals surface area (Å²) in [7, 11) is 0.0543. The fraction of sp³-hybridized carbons (Fsp3) is 0.385. The number of methoxy groups -OCH3 is 1. The maximum absolute atomic E-state index is 13.8. The average Bonchev–Trinajstić information content (AvgIpc) is 2.50. The van der Waals surface area contributed by atoms with Gasteiger partial charge in [0.15, 0.2) is 18.2 Å². The van der Waals surface area contributed by atoms with E-state index in [4.69, 9.17) is 4.74 Å². The van der Waals surface area contributed by atoms with Crippen LogP contribution in [0.5, 0.6) is 5.75 Å². The molecule has 0 unspecified atom stereocenters.